The normalized spacial score (nSPS) is 15.7. The molecule has 2 nitrogen and oxygen atoms in total. The average Bonchev–Trinajstić information content (AvgIpc) is 2.60. The molecule has 3 rings (SSSR count). The summed E-state index contributed by atoms with van der Waals surface area (Å²) in [5.41, 5.74) is 3.36. The number of para-hydroxylation sites is 2. The standard InChI is InChI=1S/C19H19IN2S/c1-2-3-12-16(20)18-15-11-7-8-13-17(15)22-19(23-18)21-14-9-5-4-6-10-14/h4-11,13H,2-3,12H2,1H3,(H,21,22)/b18-16+. The Morgan fingerprint density at radius 1 is 1.09 bits per heavy atom. The molecule has 0 spiro atoms. The van der Waals surface area contributed by atoms with Crippen LogP contribution in [0.25, 0.3) is 4.91 Å². The third-order valence-corrected chi connectivity index (χ3v) is 6.09. The fourth-order valence-electron chi connectivity index (χ4n) is 2.39. The Morgan fingerprint density at radius 3 is 2.61 bits per heavy atom. The molecule has 0 fully saturated rings. The van der Waals surface area contributed by atoms with Crippen LogP contribution in [-0.2, 0) is 0 Å². The van der Waals surface area contributed by atoms with Gasteiger partial charge < -0.3 is 5.32 Å². The second-order valence-electron chi connectivity index (χ2n) is 5.36. The van der Waals surface area contributed by atoms with Gasteiger partial charge in [0.2, 0.25) is 0 Å². The number of fused-ring (bicyclic) bond motifs is 1. The van der Waals surface area contributed by atoms with Crippen LogP contribution in [0.1, 0.15) is 31.7 Å². The van der Waals surface area contributed by atoms with Crippen molar-refractivity contribution in [2.75, 3.05) is 5.32 Å². The predicted molar refractivity (Wildman–Crippen MR) is 112 cm³/mol. The number of rotatable bonds is 4. The minimum atomic E-state index is 0.940. The molecule has 4 heteroatoms. The van der Waals surface area contributed by atoms with Crippen LogP contribution in [0.3, 0.4) is 0 Å². The van der Waals surface area contributed by atoms with Crippen LogP contribution in [0.5, 0.6) is 0 Å². The third-order valence-electron chi connectivity index (χ3n) is 3.59. The maximum absolute atomic E-state index is 4.78. The van der Waals surface area contributed by atoms with Gasteiger partial charge in [-0.25, -0.2) is 4.99 Å². The van der Waals surface area contributed by atoms with Crippen molar-refractivity contribution in [1.82, 2.24) is 0 Å². The number of nitrogens with zero attached hydrogens (tertiary/aromatic N) is 1. The van der Waals surface area contributed by atoms with Crippen LogP contribution < -0.4 is 5.32 Å². The SMILES string of the molecule is CCCC/C(I)=C1\SC(Nc2ccccc2)=Nc2ccccc21. The molecular weight excluding hydrogens is 415 g/mol. The summed E-state index contributed by atoms with van der Waals surface area (Å²) in [6, 6.07) is 18.6. The highest BCUT2D eigenvalue weighted by atomic mass is 127. The number of benzene rings is 2. The molecule has 0 atom stereocenters. The summed E-state index contributed by atoms with van der Waals surface area (Å²) < 4.78 is 1.42. The first kappa shape index (κ1) is 16.6. The van der Waals surface area contributed by atoms with Crippen molar-refractivity contribution < 1.29 is 0 Å². The Kier molecular flexibility index (Phi) is 5.78. The zero-order chi connectivity index (χ0) is 16.1. The molecule has 0 amide bonds. The Bertz CT molecular complexity index is 738. The molecule has 0 aromatic heterocycles. The molecule has 2 aromatic carbocycles. The summed E-state index contributed by atoms with van der Waals surface area (Å²) in [5, 5.41) is 4.38. The first-order valence-electron chi connectivity index (χ1n) is 7.84. The van der Waals surface area contributed by atoms with Gasteiger partial charge in [-0.3, -0.25) is 0 Å². The number of aliphatic imine (C=N–C) groups is 1. The number of nitrogens with one attached hydrogen (secondary N) is 1. The van der Waals surface area contributed by atoms with E-state index in [-0.39, 0.29) is 0 Å². The number of thioether (sulfide) groups is 1. The van der Waals surface area contributed by atoms with Crippen LogP contribution in [0, 0.1) is 0 Å². The van der Waals surface area contributed by atoms with Crippen molar-refractivity contribution in [3.8, 4) is 0 Å². The zero-order valence-electron chi connectivity index (χ0n) is 13.1. The Morgan fingerprint density at radius 2 is 1.83 bits per heavy atom. The molecule has 1 heterocycles. The van der Waals surface area contributed by atoms with E-state index in [4.69, 9.17) is 4.99 Å². The molecule has 1 aliphatic rings. The molecule has 1 aliphatic heterocycles. The minimum Gasteiger partial charge on any atom is -0.334 e. The van der Waals surface area contributed by atoms with Gasteiger partial charge in [-0.15, -0.1) is 0 Å². The summed E-state index contributed by atoms with van der Waals surface area (Å²) >= 11 is 4.24. The lowest BCUT2D eigenvalue weighted by Crippen LogP contribution is -2.10. The van der Waals surface area contributed by atoms with Gasteiger partial charge in [0, 0.05) is 19.7 Å². The molecule has 0 unspecified atom stereocenters. The third kappa shape index (κ3) is 4.18. The molecular formula is C19H19IN2S. The Balaban J connectivity index is 1.93. The molecule has 0 aliphatic carbocycles. The molecule has 2 aromatic rings. The zero-order valence-corrected chi connectivity index (χ0v) is 16.0. The van der Waals surface area contributed by atoms with Gasteiger partial charge in [0.05, 0.1) is 5.69 Å². The minimum absolute atomic E-state index is 0.940. The molecule has 23 heavy (non-hydrogen) atoms. The summed E-state index contributed by atoms with van der Waals surface area (Å²) in [4.78, 5) is 6.12. The second kappa shape index (κ2) is 8.02. The number of hydrogen-bond donors (Lipinski definition) is 1. The maximum atomic E-state index is 4.78. The maximum Gasteiger partial charge on any atom is 0.171 e. The van der Waals surface area contributed by atoms with Crippen LogP contribution in [-0.4, -0.2) is 5.17 Å². The smallest absolute Gasteiger partial charge is 0.171 e. The van der Waals surface area contributed by atoms with Crippen LogP contribution >= 0.6 is 34.4 Å². The van der Waals surface area contributed by atoms with E-state index in [1.165, 1.54) is 26.9 Å². The van der Waals surface area contributed by atoms with Gasteiger partial charge in [0.25, 0.3) is 0 Å². The van der Waals surface area contributed by atoms with Crippen molar-refractivity contribution in [1.29, 1.82) is 0 Å². The van der Waals surface area contributed by atoms with Gasteiger partial charge in [-0.2, -0.15) is 0 Å². The van der Waals surface area contributed by atoms with E-state index in [2.05, 4.69) is 71.2 Å². The largest absolute Gasteiger partial charge is 0.334 e. The highest BCUT2D eigenvalue weighted by Gasteiger charge is 2.20. The Hall–Kier alpha value is -1.27. The van der Waals surface area contributed by atoms with Crippen molar-refractivity contribution in [3.63, 3.8) is 0 Å². The lowest BCUT2D eigenvalue weighted by atomic mass is 10.1. The van der Waals surface area contributed by atoms with Crippen LogP contribution in [0.15, 0.2) is 63.2 Å². The van der Waals surface area contributed by atoms with Crippen LogP contribution in [0.4, 0.5) is 11.4 Å². The van der Waals surface area contributed by atoms with Crippen molar-refractivity contribution in [3.05, 3.63) is 63.7 Å². The number of allylic oxidation sites excluding steroid dienone is 1. The molecule has 0 bridgehead atoms. The lowest BCUT2D eigenvalue weighted by Gasteiger charge is -2.20. The highest BCUT2D eigenvalue weighted by Crippen LogP contribution is 2.44. The van der Waals surface area contributed by atoms with Gasteiger partial charge in [0.1, 0.15) is 0 Å². The van der Waals surface area contributed by atoms with Gasteiger partial charge in [-0.1, -0.05) is 61.5 Å². The van der Waals surface area contributed by atoms with E-state index in [0.717, 1.165) is 23.0 Å². The number of amidine groups is 1. The molecule has 118 valence electrons. The van der Waals surface area contributed by atoms with E-state index < -0.39 is 0 Å². The first-order valence-corrected chi connectivity index (χ1v) is 9.74. The van der Waals surface area contributed by atoms with Crippen molar-refractivity contribution in [2.24, 2.45) is 4.99 Å². The monoisotopic (exact) mass is 434 g/mol. The van der Waals surface area contributed by atoms with E-state index in [9.17, 15) is 0 Å². The molecule has 1 N–H and O–H groups in total. The van der Waals surface area contributed by atoms with Gasteiger partial charge in [-0.05, 0) is 53.6 Å². The van der Waals surface area contributed by atoms with Crippen LogP contribution in [0.2, 0.25) is 0 Å². The topological polar surface area (TPSA) is 24.4 Å². The lowest BCUT2D eigenvalue weighted by molar-refractivity contribution is 0.813. The number of unbranched alkanes of at least 4 members (excludes halogenated alkanes) is 1. The van der Waals surface area contributed by atoms with E-state index in [1.54, 1.807) is 11.8 Å². The fraction of sp³-hybridized carbons (Fsp3) is 0.211. The molecule has 0 saturated carbocycles. The molecule has 0 radical (unpaired) electrons. The highest BCUT2D eigenvalue weighted by molar-refractivity contribution is 14.1. The van der Waals surface area contributed by atoms with Gasteiger partial charge >= 0.3 is 0 Å². The summed E-state index contributed by atoms with van der Waals surface area (Å²) in [6.07, 6.45) is 3.57. The van der Waals surface area contributed by atoms with E-state index in [1.807, 2.05) is 18.2 Å². The van der Waals surface area contributed by atoms with E-state index in [0.29, 0.717) is 0 Å². The first-order chi connectivity index (χ1) is 11.3. The number of halogens is 1. The quantitative estimate of drug-likeness (QED) is 0.534. The molecule has 0 saturated heterocycles. The summed E-state index contributed by atoms with van der Waals surface area (Å²) in [6.45, 7) is 2.24. The predicted octanol–water partition coefficient (Wildman–Crippen LogP) is 6.83. The fourth-order valence-corrected chi connectivity index (χ4v) is 4.40. The second-order valence-corrected chi connectivity index (χ2v) is 7.67. The number of hydrogen-bond acceptors (Lipinski definition) is 3. The van der Waals surface area contributed by atoms with E-state index >= 15 is 0 Å². The number of anilines is 1. The van der Waals surface area contributed by atoms with Crippen molar-refractivity contribution in [2.45, 2.75) is 26.2 Å². The van der Waals surface area contributed by atoms with Crippen molar-refractivity contribution >= 4 is 55.8 Å². The summed E-state index contributed by atoms with van der Waals surface area (Å²) in [7, 11) is 0. The average molecular weight is 434 g/mol. The summed E-state index contributed by atoms with van der Waals surface area (Å²) in [5.74, 6) is 0. The van der Waals surface area contributed by atoms with Gasteiger partial charge in [0.15, 0.2) is 5.17 Å². The Labute approximate surface area is 155 Å².